The molecule has 0 aliphatic carbocycles. The van der Waals surface area contributed by atoms with Crippen LogP contribution in [-0.2, 0) is 22.6 Å². The van der Waals surface area contributed by atoms with Crippen LogP contribution >= 0.6 is 0 Å². The first-order chi connectivity index (χ1) is 21.8. The Kier molecular flexibility index (Phi) is 10.8. The van der Waals surface area contributed by atoms with Crippen molar-refractivity contribution < 1.29 is 29.6 Å². The van der Waals surface area contributed by atoms with E-state index in [9.17, 15) is 20.1 Å². The van der Waals surface area contributed by atoms with E-state index in [1.807, 2.05) is 90.8 Å². The summed E-state index contributed by atoms with van der Waals surface area (Å²) in [6.45, 7) is 3.31. The maximum atomic E-state index is 12.6. The monoisotopic (exact) mass is 611 g/mol. The van der Waals surface area contributed by atoms with E-state index in [1.165, 1.54) is 0 Å². The summed E-state index contributed by atoms with van der Waals surface area (Å²) in [6.07, 6.45) is -2.08. The molecule has 1 aliphatic heterocycles. The highest BCUT2D eigenvalue weighted by Gasteiger charge is 2.39. The first kappa shape index (κ1) is 32.2. The number of ether oxygens (including phenoxy) is 2. The lowest BCUT2D eigenvalue weighted by Crippen LogP contribution is -2.44. The number of anilines is 1. The quantitative estimate of drug-likeness (QED) is 0.148. The minimum Gasteiger partial charge on any atom is -0.508 e. The van der Waals surface area contributed by atoms with Gasteiger partial charge in [0.05, 0.1) is 24.9 Å². The lowest BCUT2D eigenvalue weighted by atomic mass is 9.90. The van der Waals surface area contributed by atoms with Crippen molar-refractivity contribution in [3.8, 4) is 5.75 Å². The average molecular weight is 612 g/mol. The molecule has 9 nitrogen and oxygen atoms in total. The van der Waals surface area contributed by atoms with E-state index in [1.54, 1.807) is 24.3 Å². The van der Waals surface area contributed by atoms with Crippen LogP contribution in [0.15, 0.2) is 103 Å². The molecular formula is C36H41N3O6. The molecule has 5 unspecified atom stereocenters. The molecule has 1 fully saturated rings. The van der Waals surface area contributed by atoms with Crippen molar-refractivity contribution in [3.63, 3.8) is 0 Å². The second-order valence-electron chi connectivity index (χ2n) is 11.6. The molecule has 236 valence electrons. The van der Waals surface area contributed by atoms with Crippen LogP contribution < -0.4 is 10.6 Å². The average Bonchev–Trinajstić information content (AvgIpc) is 3.05. The molecule has 1 saturated heterocycles. The van der Waals surface area contributed by atoms with Crippen LogP contribution in [0.4, 0.5) is 10.5 Å². The van der Waals surface area contributed by atoms with Gasteiger partial charge >= 0.3 is 6.03 Å². The van der Waals surface area contributed by atoms with Crippen LogP contribution in [0.3, 0.4) is 0 Å². The third-order valence-corrected chi connectivity index (χ3v) is 8.07. The van der Waals surface area contributed by atoms with Crippen molar-refractivity contribution in [2.24, 2.45) is 5.92 Å². The lowest BCUT2D eigenvalue weighted by Gasteiger charge is -2.42. The molecule has 0 aromatic heterocycles. The van der Waals surface area contributed by atoms with Gasteiger partial charge in [0.2, 0.25) is 0 Å². The number of nitrogens with one attached hydrogen (secondary N) is 2. The largest absolute Gasteiger partial charge is 0.508 e. The molecule has 0 saturated carbocycles. The predicted octanol–water partition coefficient (Wildman–Crippen LogP) is 5.66. The van der Waals surface area contributed by atoms with E-state index in [2.05, 4.69) is 17.6 Å². The maximum absolute atomic E-state index is 12.6. The maximum Gasteiger partial charge on any atom is 0.319 e. The molecule has 5 rings (SSSR count). The van der Waals surface area contributed by atoms with Gasteiger partial charge in [-0.3, -0.25) is 0 Å². The molecule has 0 bridgehead atoms. The number of carbonyl (C=O) groups excluding carboxylic acids is 1. The molecule has 4 aromatic carbocycles. The number of amides is 2. The van der Waals surface area contributed by atoms with Crippen molar-refractivity contribution in [1.82, 2.24) is 10.2 Å². The minimum absolute atomic E-state index is 0.0409. The predicted molar refractivity (Wildman–Crippen MR) is 172 cm³/mol. The third kappa shape index (κ3) is 8.69. The van der Waals surface area contributed by atoms with Gasteiger partial charge in [-0.05, 0) is 53.6 Å². The zero-order valence-electron chi connectivity index (χ0n) is 25.5. The molecule has 0 spiro atoms. The fourth-order valence-corrected chi connectivity index (χ4v) is 5.56. The summed E-state index contributed by atoms with van der Waals surface area (Å²) in [6, 6.07) is 31.2. The molecule has 2 amide bonds. The van der Waals surface area contributed by atoms with Gasteiger partial charge in [-0.1, -0.05) is 85.8 Å². The van der Waals surface area contributed by atoms with Crippen LogP contribution in [-0.4, -0.2) is 52.5 Å². The van der Waals surface area contributed by atoms with E-state index in [4.69, 9.17) is 9.47 Å². The topological polar surface area (TPSA) is 124 Å². The Morgan fingerprint density at radius 2 is 1.64 bits per heavy atom. The van der Waals surface area contributed by atoms with Crippen molar-refractivity contribution >= 4 is 11.7 Å². The molecule has 1 heterocycles. The van der Waals surface area contributed by atoms with Crippen LogP contribution in [0, 0.1) is 5.92 Å². The van der Waals surface area contributed by atoms with Gasteiger partial charge in [0.15, 0.2) is 6.29 Å². The van der Waals surface area contributed by atoms with Crippen molar-refractivity contribution in [2.75, 3.05) is 25.5 Å². The molecule has 0 radical (unpaired) electrons. The molecule has 9 heteroatoms. The van der Waals surface area contributed by atoms with E-state index < -0.39 is 12.4 Å². The van der Waals surface area contributed by atoms with Gasteiger partial charge in [0.1, 0.15) is 5.75 Å². The summed E-state index contributed by atoms with van der Waals surface area (Å²) < 4.78 is 13.1. The highest BCUT2D eigenvalue weighted by molar-refractivity contribution is 5.89. The summed E-state index contributed by atoms with van der Waals surface area (Å²) in [5.41, 5.74) is 4.79. The Bertz CT molecular complexity index is 1530. The number of hydrogen-bond donors (Lipinski definition) is 5. The Hall–Kier alpha value is -4.25. The van der Waals surface area contributed by atoms with E-state index in [0.717, 1.165) is 22.3 Å². The standard InChI is InChI=1S/C36H41N3O6/c1-24-33(22-39(2)21-32(42)28-10-7-13-31(41)19-28)44-35(45-34(24)27-16-14-26(23-40)15-17-27)29-11-6-12-30(18-29)38-36(43)37-20-25-8-4-3-5-9-25/h3-19,24,32-35,40-42H,20-23H2,1-2H3,(H2,37,38,43). The number of hydrogen-bond acceptors (Lipinski definition) is 7. The summed E-state index contributed by atoms with van der Waals surface area (Å²) in [5, 5.41) is 36.0. The first-order valence-electron chi connectivity index (χ1n) is 15.1. The summed E-state index contributed by atoms with van der Waals surface area (Å²) >= 11 is 0. The summed E-state index contributed by atoms with van der Waals surface area (Å²) in [5.74, 6) is 0.0607. The Labute approximate surface area is 264 Å². The smallest absolute Gasteiger partial charge is 0.319 e. The number of likely N-dealkylation sites (N-methyl/N-ethyl adjacent to an activating group) is 1. The molecule has 4 aromatic rings. The molecule has 1 aliphatic rings. The lowest BCUT2D eigenvalue weighted by molar-refractivity contribution is -0.276. The van der Waals surface area contributed by atoms with Crippen molar-refractivity contribution in [3.05, 3.63) is 131 Å². The fourth-order valence-electron chi connectivity index (χ4n) is 5.56. The van der Waals surface area contributed by atoms with Crippen LogP contribution in [0.1, 0.15) is 53.2 Å². The fraction of sp³-hybridized carbons (Fsp3) is 0.306. The highest BCUT2D eigenvalue weighted by atomic mass is 16.7. The number of phenolic OH excluding ortho intramolecular Hbond substituents is 1. The van der Waals surface area contributed by atoms with Gasteiger partial charge < -0.3 is 40.3 Å². The number of carbonyl (C=O) groups is 1. The van der Waals surface area contributed by atoms with Crippen LogP contribution in [0.2, 0.25) is 0 Å². The first-order valence-corrected chi connectivity index (χ1v) is 15.1. The number of aliphatic hydroxyl groups excluding tert-OH is 2. The number of aromatic hydroxyl groups is 1. The molecule has 5 N–H and O–H groups in total. The number of rotatable bonds is 11. The Morgan fingerprint density at radius 3 is 2.38 bits per heavy atom. The number of nitrogens with zero attached hydrogens (tertiary/aromatic N) is 1. The minimum atomic E-state index is -0.786. The van der Waals surface area contributed by atoms with Crippen molar-refractivity contribution in [1.29, 1.82) is 0 Å². The van der Waals surface area contributed by atoms with Crippen LogP contribution in [0.5, 0.6) is 5.75 Å². The zero-order chi connectivity index (χ0) is 31.8. The van der Waals surface area contributed by atoms with E-state index in [0.29, 0.717) is 30.9 Å². The van der Waals surface area contributed by atoms with Crippen LogP contribution in [0.25, 0.3) is 0 Å². The number of urea groups is 1. The molecular weight excluding hydrogens is 570 g/mol. The van der Waals surface area contributed by atoms with Gasteiger partial charge in [-0.15, -0.1) is 0 Å². The van der Waals surface area contributed by atoms with E-state index >= 15 is 0 Å². The van der Waals surface area contributed by atoms with Gasteiger partial charge in [0, 0.05) is 36.8 Å². The SMILES string of the molecule is CC1C(CN(C)CC(O)c2cccc(O)c2)OC(c2cccc(NC(=O)NCc3ccccc3)c2)OC1c1ccc(CO)cc1. The van der Waals surface area contributed by atoms with Gasteiger partial charge in [0.25, 0.3) is 0 Å². The Balaban J connectivity index is 1.31. The highest BCUT2D eigenvalue weighted by Crippen LogP contribution is 2.42. The normalized spacial score (nSPS) is 20.5. The second-order valence-corrected chi connectivity index (χ2v) is 11.6. The third-order valence-electron chi connectivity index (χ3n) is 8.07. The summed E-state index contributed by atoms with van der Waals surface area (Å²) in [7, 11) is 1.93. The molecule has 45 heavy (non-hydrogen) atoms. The number of phenols is 1. The molecule has 5 atom stereocenters. The zero-order valence-corrected chi connectivity index (χ0v) is 25.5. The van der Waals surface area contributed by atoms with Gasteiger partial charge in [-0.25, -0.2) is 4.79 Å². The van der Waals surface area contributed by atoms with Gasteiger partial charge in [-0.2, -0.15) is 0 Å². The second kappa shape index (κ2) is 15.2. The van der Waals surface area contributed by atoms with Crippen molar-refractivity contribution in [2.45, 2.75) is 44.7 Å². The number of benzene rings is 4. The summed E-state index contributed by atoms with van der Waals surface area (Å²) in [4.78, 5) is 14.7. The van der Waals surface area contributed by atoms with E-state index in [-0.39, 0.29) is 36.5 Å². The number of aliphatic hydroxyl groups is 2. The Morgan fingerprint density at radius 1 is 0.889 bits per heavy atom.